The molecule has 0 N–H and O–H groups in total. The van der Waals surface area contributed by atoms with Crippen molar-refractivity contribution in [1.29, 1.82) is 0 Å². The van der Waals surface area contributed by atoms with Crippen LogP contribution in [0.25, 0.3) is 0 Å². The zero-order valence-electron chi connectivity index (χ0n) is 8.86. The Kier molecular flexibility index (Phi) is 2.56. The second-order valence-corrected chi connectivity index (χ2v) is 6.01. The van der Waals surface area contributed by atoms with Gasteiger partial charge in [0.25, 0.3) is 0 Å². The third kappa shape index (κ3) is 2.38. The summed E-state index contributed by atoms with van der Waals surface area (Å²) in [6.45, 7) is 4.35. The van der Waals surface area contributed by atoms with Gasteiger partial charge in [-0.1, -0.05) is 17.7 Å². The van der Waals surface area contributed by atoms with Gasteiger partial charge in [-0.2, -0.15) is 0 Å². The Hall–Kier alpha value is -0.870. The molecule has 3 nitrogen and oxygen atoms in total. The van der Waals surface area contributed by atoms with E-state index in [1.165, 1.54) is 0 Å². The average molecular weight is 226 g/mol. The van der Waals surface area contributed by atoms with Crippen molar-refractivity contribution in [2.45, 2.75) is 24.8 Å². The molecule has 82 valence electrons. The summed E-state index contributed by atoms with van der Waals surface area (Å²) in [5.74, 6) is 0.108. The Bertz CT molecular complexity index is 473. The number of ether oxygens (including phenoxy) is 1. The van der Waals surface area contributed by atoms with Crippen LogP contribution in [0.15, 0.2) is 23.1 Å². The molecule has 0 bridgehead atoms. The Labute approximate surface area is 90.0 Å². The summed E-state index contributed by atoms with van der Waals surface area (Å²) in [7, 11) is -3.17. The number of rotatable bonds is 3. The maximum Gasteiger partial charge on any atom is 0.181 e. The minimum atomic E-state index is -3.17. The van der Waals surface area contributed by atoms with Gasteiger partial charge in [-0.3, -0.25) is 0 Å². The van der Waals surface area contributed by atoms with E-state index in [4.69, 9.17) is 4.74 Å². The molecule has 1 heterocycles. The molecule has 0 radical (unpaired) electrons. The van der Waals surface area contributed by atoms with Crippen molar-refractivity contribution >= 4 is 9.84 Å². The first kappa shape index (κ1) is 10.6. The number of aryl methyl sites for hydroxylation is 2. The summed E-state index contributed by atoms with van der Waals surface area (Å²) in [5, 5.41) is 0. The van der Waals surface area contributed by atoms with E-state index in [2.05, 4.69) is 0 Å². The highest BCUT2D eigenvalue weighted by Gasteiger charge is 2.30. The standard InChI is InChI=1S/C11H14O3S/c1-8-3-4-11(9(2)5-8)15(12,13)7-10-6-14-10/h3-5,10H,6-7H2,1-2H3. The Morgan fingerprint density at radius 1 is 1.40 bits per heavy atom. The van der Waals surface area contributed by atoms with Crippen LogP contribution in [0.3, 0.4) is 0 Å². The lowest BCUT2D eigenvalue weighted by atomic mass is 10.2. The fraction of sp³-hybridized carbons (Fsp3) is 0.455. The minimum Gasteiger partial charge on any atom is -0.372 e. The molecule has 1 aliphatic heterocycles. The van der Waals surface area contributed by atoms with E-state index < -0.39 is 9.84 Å². The van der Waals surface area contributed by atoms with Crippen molar-refractivity contribution in [3.05, 3.63) is 29.3 Å². The van der Waals surface area contributed by atoms with Crippen LogP contribution in [0.4, 0.5) is 0 Å². The molecule has 15 heavy (non-hydrogen) atoms. The molecule has 0 aromatic heterocycles. The van der Waals surface area contributed by atoms with Gasteiger partial charge in [-0.25, -0.2) is 8.42 Å². The Balaban J connectivity index is 2.34. The molecule has 2 rings (SSSR count). The van der Waals surface area contributed by atoms with Gasteiger partial charge in [0.05, 0.1) is 23.4 Å². The highest BCUT2D eigenvalue weighted by molar-refractivity contribution is 7.91. The van der Waals surface area contributed by atoms with Gasteiger partial charge >= 0.3 is 0 Å². The first-order valence-corrected chi connectivity index (χ1v) is 6.56. The lowest BCUT2D eigenvalue weighted by Crippen LogP contribution is -2.13. The third-order valence-corrected chi connectivity index (χ3v) is 4.41. The molecular formula is C11H14O3S. The van der Waals surface area contributed by atoms with E-state index in [1.807, 2.05) is 26.0 Å². The molecule has 0 saturated carbocycles. The summed E-state index contributed by atoms with van der Waals surface area (Å²) in [6, 6.07) is 5.40. The Morgan fingerprint density at radius 3 is 2.60 bits per heavy atom. The van der Waals surface area contributed by atoms with E-state index in [0.29, 0.717) is 11.5 Å². The highest BCUT2D eigenvalue weighted by Crippen LogP contribution is 2.22. The van der Waals surface area contributed by atoms with Gasteiger partial charge in [-0.15, -0.1) is 0 Å². The topological polar surface area (TPSA) is 46.7 Å². The molecule has 4 heteroatoms. The van der Waals surface area contributed by atoms with Gasteiger partial charge in [0.15, 0.2) is 9.84 Å². The van der Waals surface area contributed by atoms with Gasteiger partial charge in [-0.05, 0) is 25.5 Å². The predicted octanol–water partition coefficient (Wildman–Crippen LogP) is 1.48. The molecule has 0 amide bonds. The van der Waals surface area contributed by atoms with Crippen LogP contribution in [0.5, 0.6) is 0 Å². The van der Waals surface area contributed by atoms with Crippen LogP contribution in [0.2, 0.25) is 0 Å². The number of epoxide rings is 1. The van der Waals surface area contributed by atoms with Crippen LogP contribution in [0, 0.1) is 13.8 Å². The fourth-order valence-corrected chi connectivity index (χ4v) is 3.33. The quantitative estimate of drug-likeness (QED) is 0.733. The zero-order chi connectivity index (χ0) is 11.1. The third-order valence-electron chi connectivity index (χ3n) is 2.47. The summed E-state index contributed by atoms with van der Waals surface area (Å²) in [5.41, 5.74) is 1.89. The number of hydrogen-bond acceptors (Lipinski definition) is 3. The molecule has 1 aromatic carbocycles. The molecule has 1 aliphatic rings. The first-order chi connectivity index (χ1) is 6.99. The maximum atomic E-state index is 11.9. The Morgan fingerprint density at radius 2 is 2.07 bits per heavy atom. The monoisotopic (exact) mass is 226 g/mol. The lowest BCUT2D eigenvalue weighted by Gasteiger charge is -2.06. The first-order valence-electron chi connectivity index (χ1n) is 4.91. The minimum absolute atomic E-state index is 0.0873. The van der Waals surface area contributed by atoms with Gasteiger partial charge in [0.1, 0.15) is 0 Å². The highest BCUT2D eigenvalue weighted by atomic mass is 32.2. The molecule has 1 unspecified atom stereocenters. The summed E-state index contributed by atoms with van der Waals surface area (Å²) in [6.07, 6.45) is -0.0873. The van der Waals surface area contributed by atoms with Crippen molar-refractivity contribution < 1.29 is 13.2 Å². The predicted molar refractivity (Wildman–Crippen MR) is 57.7 cm³/mol. The van der Waals surface area contributed by atoms with Gasteiger partial charge in [0.2, 0.25) is 0 Å². The molecule has 0 spiro atoms. The molecule has 1 fully saturated rings. The van der Waals surface area contributed by atoms with E-state index in [9.17, 15) is 8.42 Å². The average Bonchev–Trinajstić information content (AvgIpc) is 2.86. The normalized spacial score (nSPS) is 20.3. The van der Waals surface area contributed by atoms with Crippen LogP contribution >= 0.6 is 0 Å². The summed E-state index contributed by atoms with van der Waals surface area (Å²) in [4.78, 5) is 0.434. The van der Waals surface area contributed by atoms with Gasteiger partial charge in [0, 0.05) is 0 Å². The van der Waals surface area contributed by atoms with Crippen molar-refractivity contribution in [3.63, 3.8) is 0 Å². The number of benzene rings is 1. The van der Waals surface area contributed by atoms with E-state index in [0.717, 1.165) is 11.1 Å². The lowest BCUT2D eigenvalue weighted by molar-refractivity contribution is 0.422. The second-order valence-electron chi connectivity index (χ2n) is 4.01. The van der Waals surface area contributed by atoms with E-state index >= 15 is 0 Å². The second kappa shape index (κ2) is 3.61. The van der Waals surface area contributed by atoms with Gasteiger partial charge < -0.3 is 4.74 Å². The van der Waals surface area contributed by atoms with Crippen molar-refractivity contribution in [2.24, 2.45) is 0 Å². The number of sulfone groups is 1. The molecule has 1 atom stereocenters. The van der Waals surface area contributed by atoms with E-state index in [-0.39, 0.29) is 11.9 Å². The summed E-state index contributed by atoms with van der Waals surface area (Å²) >= 11 is 0. The summed E-state index contributed by atoms with van der Waals surface area (Å²) < 4.78 is 28.8. The van der Waals surface area contributed by atoms with Crippen LogP contribution in [0.1, 0.15) is 11.1 Å². The van der Waals surface area contributed by atoms with E-state index in [1.54, 1.807) is 6.07 Å². The van der Waals surface area contributed by atoms with Crippen molar-refractivity contribution in [1.82, 2.24) is 0 Å². The molecular weight excluding hydrogens is 212 g/mol. The maximum absolute atomic E-state index is 11.9. The zero-order valence-corrected chi connectivity index (χ0v) is 9.67. The largest absolute Gasteiger partial charge is 0.372 e. The van der Waals surface area contributed by atoms with Crippen LogP contribution < -0.4 is 0 Å². The SMILES string of the molecule is Cc1ccc(S(=O)(=O)CC2CO2)c(C)c1. The molecule has 1 aromatic rings. The molecule has 1 saturated heterocycles. The smallest absolute Gasteiger partial charge is 0.181 e. The molecule has 0 aliphatic carbocycles. The fourth-order valence-electron chi connectivity index (χ4n) is 1.65. The van der Waals surface area contributed by atoms with Crippen molar-refractivity contribution in [2.75, 3.05) is 12.4 Å². The van der Waals surface area contributed by atoms with Crippen LogP contribution in [-0.2, 0) is 14.6 Å². The number of hydrogen-bond donors (Lipinski definition) is 0. The van der Waals surface area contributed by atoms with Crippen molar-refractivity contribution in [3.8, 4) is 0 Å². The van der Waals surface area contributed by atoms with Crippen LogP contribution in [-0.4, -0.2) is 26.9 Å².